The van der Waals surface area contributed by atoms with Gasteiger partial charge in [-0.25, -0.2) is 0 Å². The van der Waals surface area contributed by atoms with E-state index in [1.807, 2.05) is 32.8 Å². The number of carboxylic acids is 1. The average Bonchev–Trinajstić information content (AvgIpc) is 3.97. The molecule has 2 aromatic carbocycles. The van der Waals surface area contributed by atoms with Crippen LogP contribution in [-0.2, 0) is 56.0 Å². The van der Waals surface area contributed by atoms with Gasteiger partial charge < -0.3 is 78.3 Å². The van der Waals surface area contributed by atoms with Crippen molar-refractivity contribution in [3.63, 3.8) is 0 Å². The summed E-state index contributed by atoms with van der Waals surface area (Å²) in [5, 5.41) is 79.9. The molecule has 28 heteroatoms. The summed E-state index contributed by atoms with van der Waals surface area (Å²) < 4.78 is 0. The lowest BCUT2D eigenvalue weighted by atomic mass is 10.0. The van der Waals surface area contributed by atoms with Crippen molar-refractivity contribution in [3.8, 4) is 11.5 Å². The number of hydrogen-bond donors (Lipinski definition) is 15. The Kier molecular flexibility index (Phi) is 28.4. The van der Waals surface area contributed by atoms with Crippen molar-refractivity contribution in [2.45, 2.75) is 127 Å². The van der Waals surface area contributed by atoms with E-state index in [4.69, 9.17) is 0 Å². The van der Waals surface area contributed by atoms with Gasteiger partial charge in [-0.2, -0.15) is 0 Å². The largest absolute Gasteiger partial charge is 0.508 e. The zero-order valence-corrected chi connectivity index (χ0v) is 48.3. The van der Waals surface area contributed by atoms with Gasteiger partial charge in [-0.1, -0.05) is 59.7 Å². The third-order valence-corrected chi connectivity index (χ3v) is 15.9. The van der Waals surface area contributed by atoms with Gasteiger partial charge in [0.1, 0.15) is 47.9 Å². The van der Waals surface area contributed by atoms with Crippen LogP contribution in [0.1, 0.15) is 64.5 Å². The number of amides is 8. The molecule has 4 rings (SSSR count). The number of phenolic OH excluding ortho intramolecular Hbond substituents is 2. The number of carboxylic acid groups (broad SMARTS) is 1. The fraction of sp³-hybridized carbons (Fsp3) is 0.604. The molecule has 0 radical (unpaired) electrons. The predicted octanol–water partition coefficient (Wildman–Crippen LogP) is -2.77. The highest BCUT2D eigenvalue weighted by Crippen LogP contribution is 2.26. The fourth-order valence-corrected chi connectivity index (χ4v) is 11.5. The molecule has 8 amide bonds. The van der Waals surface area contributed by atoms with Crippen LogP contribution >= 0.6 is 21.6 Å². The maximum atomic E-state index is 14.5. The Bertz CT molecular complexity index is 2400. The molecule has 26 nitrogen and oxygen atoms in total. The van der Waals surface area contributed by atoms with Gasteiger partial charge in [-0.15, -0.1) is 0 Å². The van der Waals surface area contributed by atoms with Crippen LogP contribution in [0.25, 0.3) is 0 Å². The maximum absolute atomic E-state index is 14.5. The summed E-state index contributed by atoms with van der Waals surface area (Å²) in [6.07, 6.45) is -3.81. The molecule has 2 aromatic rings. The number of aliphatic hydroxyl groups excluding tert-OH is 2. The minimum absolute atomic E-state index is 0.0254. The summed E-state index contributed by atoms with van der Waals surface area (Å²) in [6, 6.07) is 1.01. The number of aromatic hydroxyl groups is 2. The lowest BCUT2D eigenvalue weighted by molar-refractivity contribution is -0.142. The first-order chi connectivity index (χ1) is 38.5. The molecule has 2 saturated heterocycles. The highest BCUT2D eigenvalue weighted by Gasteiger charge is 2.40. The normalized spacial score (nSPS) is 24.0. The van der Waals surface area contributed by atoms with Crippen molar-refractivity contribution < 1.29 is 68.7 Å². The summed E-state index contributed by atoms with van der Waals surface area (Å²) in [5.74, 6) is -7.75. The van der Waals surface area contributed by atoms with Gasteiger partial charge in [-0.3, -0.25) is 53.4 Å². The van der Waals surface area contributed by atoms with Gasteiger partial charge in [0.2, 0.25) is 47.3 Å². The number of aliphatic carboxylic acids is 1. The molecule has 0 spiro atoms. The Hall–Kier alpha value is -6.27. The van der Waals surface area contributed by atoms with Crippen LogP contribution in [0.4, 0.5) is 0 Å². The van der Waals surface area contributed by atoms with Crippen LogP contribution in [0.2, 0.25) is 0 Å². The average molecular weight is 1180 g/mol. The number of likely N-dealkylation sites (tertiary alicyclic amines) is 1. The lowest BCUT2D eigenvalue weighted by Gasteiger charge is -2.33. The third-order valence-electron chi connectivity index (χ3n) is 13.2. The van der Waals surface area contributed by atoms with Gasteiger partial charge in [0, 0.05) is 63.1 Å². The molecule has 2 heterocycles. The quantitative estimate of drug-likeness (QED) is 0.0563. The first-order valence-electron chi connectivity index (χ1n) is 27.0. The number of carbonyl (C=O) groups is 9. The van der Waals surface area contributed by atoms with Gasteiger partial charge in [0.05, 0.1) is 37.7 Å². The second-order valence-corrected chi connectivity index (χ2v) is 23.2. The van der Waals surface area contributed by atoms with Crippen LogP contribution in [0.3, 0.4) is 0 Å². The molecule has 2 aliphatic rings. The maximum Gasteiger partial charge on any atom is 0.305 e. The minimum Gasteiger partial charge on any atom is -0.508 e. The van der Waals surface area contributed by atoms with Gasteiger partial charge in [0.15, 0.2) is 0 Å². The zero-order valence-electron chi connectivity index (χ0n) is 46.7. The smallest absolute Gasteiger partial charge is 0.305 e. The van der Waals surface area contributed by atoms with Crippen molar-refractivity contribution in [3.05, 3.63) is 59.7 Å². The molecule has 0 saturated carbocycles. The Morgan fingerprint density at radius 3 is 1.86 bits per heavy atom. The summed E-state index contributed by atoms with van der Waals surface area (Å²) in [5.41, 5.74) is 0.842. The summed E-state index contributed by atoms with van der Waals surface area (Å²) in [4.78, 5) is 128. The number of nitrogens with zero attached hydrogens (tertiary/aromatic N) is 2. The molecule has 450 valence electrons. The van der Waals surface area contributed by atoms with Crippen molar-refractivity contribution in [2.24, 2.45) is 5.92 Å². The zero-order chi connectivity index (χ0) is 59.8. The molecular weight excluding hydrogens is 1090 g/mol. The fourth-order valence-electron chi connectivity index (χ4n) is 8.93. The molecule has 2 unspecified atom stereocenters. The Balaban J connectivity index is 1.70. The number of aliphatic hydroxyl groups is 2. The predicted molar refractivity (Wildman–Crippen MR) is 304 cm³/mol. The number of rotatable bonds is 21. The second-order valence-electron chi connectivity index (χ2n) is 20.6. The Morgan fingerprint density at radius 1 is 0.765 bits per heavy atom. The standard InChI is InChI=1S/C53H82N12O14S2/c1-30(2)22-40(58-44(70)27-64(20-17-54-5)21-18-55-6)53(79)65-19-7-8-42(65)51(77)62-41-29-81-80-28-31(3)57-52(78)46(32(4)66)63-43(69)26-56-47(73)37(23-33-9-13-35(67)14-10-33)59-48(74)38(24-34-11-15-36(68)16-12-34)60-49(75)39(25-45(71)72)61-50(41)76/h9-16,30-32,37-42,46,50,54-55,61,66-68,76H,7-8,17-29H2,1-6H3,(H,56,73)(H,57,78)(H,58,70)(H,59,74)(H,60,75)(H,62,77)(H,63,69)(H,71,72)/t31-,32?,37+,38+,39+,40+,41+,42?,46+,50-/m1/s1. The van der Waals surface area contributed by atoms with E-state index < -0.39 is 121 Å². The lowest BCUT2D eigenvalue weighted by Crippen LogP contribution is -2.62. The molecular formula is C53H82N12O14S2. The summed E-state index contributed by atoms with van der Waals surface area (Å²) in [6.45, 7) is 8.66. The van der Waals surface area contributed by atoms with Gasteiger partial charge in [-0.05, 0) is 88.5 Å². The van der Waals surface area contributed by atoms with E-state index in [9.17, 15) is 68.7 Å². The number of hydrogen-bond acceptors (Lipinski definition) is 19. The van der Waals surface area contributed by atoms with E-state index in [2.05, 4.69) is 53.2 Å². The molecule has 81 heavy (non-hydrogen) atoms. The Morgan fingerprint density at radius 2 is 1.32 bits per heavy atom. The highest BCUT2D eigenvalue weighted by atomic mass is 33.1. The first kappa shape index (κ1) is 67.2. The van der Waals surface area contributed by atoms with E-state index in [1.165, 1.54) is 71.1 Å². The number of phenols is 2. The van der Waals surface area contributed by atoms with E-state index in [-0.39, 0.29) is 73.6 Å². The van der Waals surface area contributed by atoms with Crippen molar-refractivity contribution in [1.29, 1.82) is 0 Å². The molecule has 0 aromatic heterocycles. The van der Waals surface area contributed by atoms with E-state index >= 15 is 0 Å². The van der Waals surface area contributed by atoms with E-state index in [1.54, 1.807) is 6.92 Å². The Labute approximate surface area is 480 Å². The summed E-state index contributed by atoms with van der Waals surface area (Å²) >= 11 is 0. The molecule has 15 N–H and O–H groups in total. The topological polar surface area (TPSA) is 382 Å². The van der Waals surface area contributed by atoms with Gasteiger partial charge in [0.25, 0.3) is 0 Å². The van der Waals surface area contributed by atoms with Crippen molar-refractivity contribution in [1.82, 2.24) is 63.0 Å². The van der Waals surface area contributed by atoms with Crippen LogP contribution in [-0.4, -0.2) is 221 Å². The number of benzene rings is 2. The number of likely N-dealkylation sites (N-methyl/N-ethyl adjacent to an activating group) is 2. The third kappa shape index (κ3) is 23.3. The summed E-state index contributed by atoms with van der Waals surface area (Å²) in [7, 11) is 5.94. The van der Waals surface area contributed by atoms with Gasteiger partial charge >= 0.3 is 5.97 Å². The molecule has 2 fully saturated rings. The van der Waals surface area contributed by atoms with Crippen LogP contribution in [0.5, 0.6) is 11.5 Å². The van der Waals surface area contributed by atoms with E-state index in [0.29, 0.717) is 43.7 Å². The molecule has 0 bridgehead atoms. The SMILES string of the molecule is CNCCN(CCNC)CC(=O)N[C@@H](CC(C)C)C(=O)N1CCCC1C(=O)N[C@H]1CSSC[C@@H](C)NC(=O)[C@H](C(C)O)NC(=O)CNC(=O)[C@H](Cc2ccc(O)cc2)NC(=O)[C@H](Cc2ccc(O)cc2)NC(=O)[C@H](CC(=O)O)N[C@@H]1O. The first-order valence-corrected chi connectivity index (χ1v) is 29.5. The second kappa shape index (κ2) is 34.2. The molecule has 0 aliphatic carbocycles. The van der Waals surface area contributed by atoms with Crippen LogP contribution in [0, 0.1) is 5.92 Å². The van der Waals surface area contributed by atoms with Crippen LogP contribution < -0.4 is 53.2 Å². The number of nitrogens with one attached hydrogen (secondary N) is 10. The van der Waals surface area contributed by atoms with E-state index in [0.717, 1.165) is 10.8 Å². The molecule has 2 aliphatic heterocycles. The molecule has 10 atom stereocenters. The number of carbonyl (C=O) groups excluding carboxylic acids is 8. The highest BCUT2D eigenvalue weighted by molar-refractivity contribution is 8.76. The van der Waals surface area contributed by atoms with Crippen LogP contribution in [0.15, 0.2) is 48.5 Å². The monoisotopic (exact) mass is 1170 g/mol. The minimum atomic E-state index is -1.87. The van der Waals surface area contributed by atoms with Crippen molar-refractivity contribution in [2.75, 3.05) is 71.4 Å². The van der Waals surface area contributed by atoms with Crippen molar-refractivity contribution >= 4 is 74.8 Å².